The molecule has 2 heterocycles. The second-order valence-electron chi connectivity index (χ2n) is 8.67. The molecule has 26 heavy (non-hydrogen) atoms. The van der Waals surface area contributed by atoms with Crippen LogP contribution in [0.5, 0.6) is 5.75 Å². The second-order valence-corrected chi connectivity index (χ2v) is 8.67. The lowest BCUT2D eigenvalue weighted by atomic mass is 9.74. The van der Waals surface area contributed by atoms with Crippen molar-refractivity contribution in [2.75, 3.05) is 6.61 Å². The standard InChI is InChI=1S/C21H31NO4/c1-20(2,3)26-19(23)22-16-8-7-9-17(22)15-21(24,14-16)12-13-25-18-10-5-4-6-11-18/h4-6,10-11,16-17,24H,7-9,12-15H2,1-3H3. The molecule has 2 saturated heterocycles. The van der Waals surface area contributed by atoms with Crippen LogP contribution in [-0.2, 0) is 4.74 Å². The van der Waals surface area contributed by atoms with Gasteiger partial charge >= 0.3 is 6.09 Å². The number of hydrogen-bond donors (Lipinski definition) is 1. The first-order chi connectivity index (χ1) is 12.3. The van der Waals surface area contributed by atoms with Crippen molar-refractivity contribution in [3.63, 3.8) is 0 Å². The second kappa shape index (κ2) is 7.47. The van der Waals surface area contributed by atoms with E-state index in [0.717, 1.165) is 25.0 Å². The number of piperidine rings is 2. The highest BCUT2D eigenvalue weighted by atomic mass is 16.6. The molecule has 1 aromatic rings. The fourth-order valence-corrected chi connectivity index (χ4v) is 4.22. The van der Waals surface area contributed by atoms with E-state index in [1.807, 2.05) is 56.0 Å². The van der Waals surface area contributed by atoms with E-state index in [2.05, 4.69) is 0 Å². The minimum absolute atomic E-state index is 0.0547. The van der Waals surface area contributed by atoms with Crippen LogP contribution in [-0.4, -0.2) is 46.0 Å². The van der Waals surface area contributed by atoms with Gasteiger partial charge in [0.2, 0.25) is 0 Å². The van der Waals surface area contributed by atoms with Crippen LogP contribution >= 0.6 is 0 Å². The fourth-order valence-electron chi connectivity index (χ4n) is 4.22. The molecule has 2 fully saturated rings. The van der Waals surface area contributed by atoms with Crippen molar-refractivity contribution in [2.45, 2.75) is 82.6 Å². The Balaban J connectivity index is 1.60. The lowest BCUT2D eigenvalue weighted by Crippen LogP contribution is -2.60. The molecule has 0 saturated carbocycles. The minimum Gasteiger partial charge on any atom is -0.493 e. The van der Waals surface area contributed by atoms with Crippen LogP contribution in [0.15, 0.2) is 30.3 Å². The van der Waals surface area contributed by atoms with Crippen molar-refractivity contribution in [3.8, 4) is 5.75 Å². The van der Waals surface area contributed by atoms with Crippen LogP contribution in [0.2, 0.25) is 0 Å². The number of rotatable bonds is 4. The average Bonchev–Trinajstić information content (AvgIpc) is 2.53. The number of aliphatic hydroxyl groups is 1. The van der Waals surface area contributed by atoms with Crippen LogP contribution < -0.4 is 4.74 Å². The Labute approximate surface area is 156 Å². The number of amides is 1. The molecule has 0 radical (unpaired) electrons. The Morgan fingerprint density at radius 1 is 1.19 bits per heavy atom. The number of carbonyl (C=O) groups excluding carboxylic acids is 1. The van der Waals surface area contributed by atoms with Crippen molar-refractivity contribution in [1.29, 1.82) is 0 Å². The molecule has 2 aliphatic heterocycles. The van der Waals surface area contributed by atoms with Gasteiger partial charge in [0.15, 0.2) is 0 Å². The quantitative estimate of drug-likeness (QED) is 0.876. The molecular formula is C21H31NO4. The van der Waals surface area contributed by atoms with Crippen molar-refractivity contribution in [3.05, 3.63) is 30.3 Å². The zero-order valence-corrected chi connectivity index (χ0v) is 16.1. The summed E-state index contributed by atoms with van der Waals surface area (Å²) in [4.78, 5) is 14.5. The SMILES string of the molecule is CC(C)(C)OC(=O)N1C2CCCC1CC(O)(CCOc1ccccc1)C2. The predicted octanol–water partition coefficient (Wildman–Crippen LogP) is 4.14. The molecule has 1 amide bonds. The maximum absolute atomic E-state index is 12.6. The molecule has 0 aliphatic carbocycles. The van der Waals surface area contributed by atoms with E-state index in [9.17, 15) is 9.90 Å². The summed E-state index contributed by atoms with van der Waals surface area (Å²) in [7, 11) is 0. The number of fused-ring (bicyclic) bond motifs is 2. The molecule has 144 valence electrons. The fraction of sp³-hybridized carbons (Fsp3) is 0.667. The highest BCUT2D eigenvalue weighted by Gasteiger charge is 2.48. The smallest absolute Gasteiger partial charge is 0.410 e. The van der Waals surface area contributed by atoms with E-state index in [0.29, 0.717) is 25.9 Å². The topological polar surface area (TPSA) is 59.0 Å². The van der Waals surface area contributed by atoms with Crippen molar-refractivity contribution >= 4 is 6.09 Å². The van der Waals surface area contributed by atoms with Gasteiger partial charge in [0, 0.05) is 18.5 Å². The van der Waals surface area contributed by atoms with Crippen molar-refractivity contribution in [2.24, 2.45) is 0 Å². The Kier molecular flexibility index (Phi) is 5.47. The van der Waals surface area contributed by atoms with Gasteiger partial charge in [0.1, 0.15) is 11.4 Å². The third-order valence-electron chi connectivity index (χ3n) is 5.28. The van der Waals surface area contributed by atoms with Crippen LogP contribution in [0.4, 0.5) is 4.79 Å². The van der Waals surface area contributed by atoms with Gasteiger partial charge in [-0.3, -0.25) is 0 Å². The first kappa shape index (κ1) is 19.0. The highest BCUT2D eigenvalue weighted by Crippen LogP contribution is 2.41. The number of ether oxygens (including phenoxy) is 2. The molecule has 5 heteroatoms. The van der Waals surface area contributed by atoms with Crippen LogP contribution in [0.25, 0.3) is 0 Å². The summed E-state index contributed by atoms with van der Waals surface area (Å²) in [5, 5.41) is 11.1. The lowest BCUT2D eigenvalue weighted by Gasteiger charge is -2.51. The van der Waals surface area contributed by atoms with Gasteiger partial charge in [-0.2, -0.15) is 0 Å². The third kappa shape index (κ3) is 4.70. The zero-order valence-electron chi connectivity index (χ0n) is 16.1. The number of benzene rings is 1. The zero-order chi connectivity index (χ0) is 18.8. The van der Waals surface area contributed by atoms with Gasteiger partial charge in [0.25, 0.3) is 0 Å². The molecule has 2 aliphatic rings. The molecule has 0 aromatic heterocycles. The van der Waals surface area contributed by atoms with Gasteiger partial charge in [-0.15, -0.1) is 0 Å². The Morgan fingerprint density at radius 3 is 2.38 bits per heavy atom. The minimum atomic E-state index is -0.775. The molecule has 2 unspecified atom stereocenters. The number of para-hydroxylation sites is 1. The summed E-state index contributed by atoms with van der Waals surface area (Å²) < 4.78 is 11.4. The number of hydrogen-bond acceptors (Lipinski definition) is 4. The number of nitrogens with zero attached hydrogens (tertiary/aromatic N) is 1. The van der Waals surface area contributed by atoms with Crippen LogP contribution in [0, 0.1) is 0 Å². The molecule has 1 N–H and O–H groups in total. The van der Waals surface area contributed by atoms with Gasteiger partial charge in [-0.05, 0) is 65.0 Å². The first-order valence-electron chi connectivity index (χ1n) is 9.67. The largest absolute Gasteiger partial charge is 0.493 e. The summed E-state index contributed by atoms with van der Waals surface area (Å²) in [5.41, 5.74) is -1.27. The molecule has 3 rings (SSSR count). The van der Waals surface area contributed by atoms with Crippen LogP contribution in [0.1, 0.15) is 59.3 Å². The average molecular weight is 361 g/mol. The van der Waals surface area contributed by atoms with Gasteiger partial charge in [-0.1, -0.05) is 18.2 Å². The summed E-state index contributed by atoms with van der Waals surface area (Å²) in [5.74, 6) is 0.822. The molecular weight excluding hydrogens is 330 g/mol. The third-order valence-corrected chi connectivity index (χ3v) is 5.28. The van der Waals surface area contributed by atoms with E-state index >= 15 is 0 Å². The van der Waals surface area contributed by atoms with Crippen molar-refractivity contribution < 1.29 is 19.4 Å². The Hall–Kier alpha value is -1.75. The maximum Gasteiger partial charge on any atom is 0.410 e. The summed E-state index contributed by atoms with van der Waals surface area (Å²) >= 11 is 0. The van der Waals surface area contributed by atoms with E-state index in [1.165, 1.54) is 0 Å². The van der Waals surface area contributed by atoms with E-state index in [-0.39, 0.29) is 18.2 Å². The van der Waals surface area contributed by atoms with E-state index in [4.69, 9.17) is 9.47 Å². The maximum atomic E-state index is 12.6. The van der Waals surface area contributed by atoms with E-state index in [1.54, 1.807) is 0 Å². The molecule has 2 atom stereocenters. The molecule has 0 spiro atoms. The monoisotopic (exact) mass is 361 g/mol. The summed E-state index contributed by atoms with van der Waals surface area (Å²) in [6, 6.07) is 9.78. The molecule has 1 aromatic carbocycles. The summed E-state index contributed by atoms with van der Waals surface area (Å²) in [6.07, 6.45) is 4.49. The molecule has 2 bridgehead atoms. The van der Waals surface area contributed by atoms with Gasteiger partial charge in [0.05, 0.1) is 12.2 Å². The molecule has 5 nitrogen and oxygen atoms in total. The first-order valence-corrected chi connectivity index (χ1v) is 9.67. The Morgan fingerprint density at radius 2 is 1.81 bits per heavy atom. The number of carbonyl (C=O) groups is 1. The Bertz CT molecular complexity index is 596. The van der Waals surface area contributed by atoms with Gasteiger partial charge < -0.3 is 19.5 Å². The summed E-state index contributed by atoms with van der Waals surface area (Å²) in [6.45, 7) is 6.15. The normalized spacial score (nSPS) is 28.5. The van der Waals surface area contributed by atoms with Crippen LogP contribution in [0.3, 0.4) is 0 Å². The van der Waals surface area contributed by atoms with Crippen molar-refractivity contribution in [1.82, 2.24) is 4.90 Å². The highest BCUT2D eigenvalue weighted by molar-refractivity contribution is 5.69. The van der Waals surface area contributed by atoms with Gasteiger partial charge in [-0.25, -0.2) is 4.79 Å². The predicted molar refractivity (Wildman–Crippen MR) is 100 cm³/mol. The van der Waals surface area contributed by atoms with E-state index < -0.39 is 11.2 Å². The lowest BCUT2D eigenvalue weighted by molar-refractivity contribution is -0.0991.